The number of nitrogens with two attached hydrogens (primary N) is 1. The Balaban J connectivity index is 1.74. The Morgan fingerprint density at radius 2 is 2.04 bits per heavy atom. The lowest BCUT2D eigenvalue weighted by Gasteiger charge is -2.12. The highest BCUT2D eigenvalue weighted by Crippen LogP contribution is 2.32. The van der Waals surface area contributed by atoms with E-state index in [4.69, 9.17) is 15.5 Å². The Morgan fingerprint density at radius 3 is 2.70 bits per heavy atom. The molecule has 3 heterocycles. The first-order valence-corrected chi connectivity index (χ1v) is 9.49. The minimum absolute atomic E-state index is 0.215. The molecule has 2 aromatic heterocycles. The molecule has 0 amide bonds. The fraction of sp³-hybridized carbons (Fsp3) is 0.450. The number of anilines is 2. The molecule has 7 heteroatoms. The second-order valence-electron chi connectivity index (χ2n) is 7.40. The van der Waals surface area contributed by atoms with Gasteiger partial charge in [-0.3, -0.25) is 4.68 Å². The zero-order chi connectivity index (χ0) is 19.0. The van der Waals surface area contributed by atoms with Gasteiger partial charge in [-0.15, -0.1) is 0 Å². The second-order valence-corrected chi connectivity index (χ2v) is 7.40. The van der Waals surface area contributed by atoms with Gasteiger partial charge in [-0.2, -0.15) is 10.1 Å². The summed E-state index contributed by atoms with van der Waals surface area (Å²) in [6.07, 6.45) is 2.39. The smallest absolute Gasteiger partial charge is 0.225 e. The van der Waals surface area contributed by atoms with E-state index in [0.717, 1.165) is 36.1 Å². The summed E-state index contributed by atoms with van der Waals surface area (Å²) < 4.78 is 7.33. The normalized spacial score (nSPS) is 17.1. The molecule has 1 saturated heterocycles. The molecule has 0 saturated carbocycles. The SMILES string of the molecule is CC(C)c1ccc(-c2nc(NCC3CCCO3)nc3nn(C)c(N)c23)cc1. The fourth-order valence-corrected chi connectivity index (χ4v) is 3.44. The molecule has 1 atom stereocenters. The number of fused-ring (bicyclic) bond motifs is 1. The molecule has 4 rings (SSSR count). The number of hydrogen-bond donors (Lipinski definition) is 2. The van der Waals surface area contributed by atoms with Crippen molar-refractivity contribution in [1.29, 1.82) is 0 Å². The van der Waals surface area contributed by atoms with Gasteiger partial charge in [0.2, 0.25) is 5.95 Å². The molecule has 3 N–H and O–H groups in total. The number of rotatable bonds is 5. The fourth-order valence-electron chi connectivity index (χ4n) is 3.44. The second kappa shape index (κ2) is 7.15. The third-order valence-corrected chi connectivity index (χ3v) is 5.10. The van der Waals surface area contributed by atoms with E-state index in [1.807, 2.05) is 7.05 Å². The quantitative estimate of drug-likeness (QED) is 0.720. The topological polar surface area (TPSA) is 90.9 Å². The van der Waals surface area contributed by atoms with Crippen LogP contribution in [0.25, 0.3) is 22.3 Å². The molecule has 1 aliphatic rings. The maximum Gasteiger partial charge on any atom is 0.225 e. The molecule has 1 fully saturated rings. The Morgan fingerprint density at radius 1 is 1.26 bits per heavy atom. The average molecular weight is 366 g/mol. The number of benzene rings is 1. The molecule has 0 radical (unpaired) electrons. The molecular weight excluding hydrogens is 340 g/mol. The zero-order valence-corrected chi connectivity index (χ0v) is 16.1. The van der Waals surface area contributed by atoms with Crippen molar-refractivity contribution in [2.45, 2.75) is 38.7 Å². The van der Waals surface area contributed by atoms with Gasteiger partial charge in [0.15, 0.2) is 5.65 Å². The Labute approximate surface area is 158 Å². The van der Waals surface area contributed by atoms with Crippen molar-refractivity contribution in [3.05, 3.63) is 29.8 Å². The van der Waals surface area contributed by atoms with Gasteiger partial charge < -0.3 is 15.8 Å². The number of nitrogen functional groups attached to an aromatic ring is 1. The van der Waals surface area contributed by atoms with Crippen molar-refractivity contribution in [1.82, 2.24) is 19.7 Å². The van der Waals surface area contributed by atoms with Gasteiger partial charge in [0.25, 0.3) is 0 Å². The van der Waals surface area contributed by atoms with Gasteiger partial charge in [-0.25, -0.2) is 4.98 Å². The van der Waals surface area contributed by atoms with Gasteiger partial charge in [0.05, 0.1) is 17.2 Å². The highest BCUT2D eigenvalue weighted by molar-refractivity contribution is 5.98. The van der Waals surface area contributed by atoms with Crippen LogP contribution in [0, 0.1) is 0 Å². The zero-order valence-electron chi connectivity index (χ0n) is 16.1. The molecule has 0 spiro atoms. The van der Waals surface area contributed by atoms with E-state index in [9.17, 15) is 0 Å². The number of ether oxygens (including phenoxy) is 1. The Hall–Kier alpha value is -2.67. The first-order chi connectivity index (χ1) is 13.0. The molecule has 3 aromatic rings. The molecule has 1 unspecified atom stereocenters. The van der Waals surface area contributed by atoms with Gasteiger partial charge >= 0.3 is 0 Å². The first-order valence-electron chi connectivity index (χ1n) is 9.49. The summed E-state index contributed by atoms with van der Waals surface area (Å²) >= 11 is 0. The minimum atomic E-state index is 0.215. The highest BCUT2D eigenvalue weighted by atomic mass is 16.5. The highest BCUT2D eigenvalue weighted by Gasteiger charge is 2.19. The third-order valence-electron chi connectivity index (χ3n) is 5.10. The lowest BCUT2D eigenvalue weighted by molar-refractivity contribution is 0.120. The van der Waals surface area contributed by atoms with Crippen LogP contribution in [0.2, 0.25) is 0 Å². The van der Waals surface area contributed by atoms with Crippen molar-refractivity contribution in [3.63, 3.8) is 0 Å². The summed E-state index contributed by atoms with van der Waals surface area (Å²) in [5.41, 5.74) is 9.96. The first kappa shape index (κ1) is 17.7. The van der Waals surface area contributed by atoms with Crippen molar-refractivity contribution in [2.75, 3.05) is 24.2 Å². The average Bonchev–Trinajstić information content (AvgIpc) is 3.28. The van der Waals surface area contributed by atoms with Gasteiger partial charge in [0.1, 0.15) is 5.82 Å². The maximum absolute atomic E-state index is 6.26. The van der Waals surface area contributed by atoms with Crippen LogP contribution in [-0.4, -0.2) is 39.0 Å². The number of aromatic nitrogens is 4. The van der Waals surface area contributed by atoms with Gasteiger partial charge in [-0.1, -0.05) is 38.1 Å². The standard InChI is InChI=1S/C20H26N6O/c1-12(2)13-6-8-14(9-7-13)17-16-18(21)26(3)25-19(16)24-20(23-17)22-11-15-5-4-10-27-15/h6-9,12,15H,4-5,10-11,21H2,1-3H3,(H,22,24,25). The summed E-state index contributed by atoms with van der Waals surface area (Å²) in [7, 11) is 1.82. The van der Waals surface area contributed by atoms with Crippen LogP contribution >= 0.6 is 0 Å². The molecule has 1 aliphatic heterocycles. The summed E-state index contributed by atoms with van der Waals surface area (Å²) in [6.45, 7) is 5.89. The number of nitrogens with one attached hydrogen (secondary N) is 1. The summed E-state index contributed by atoms with van der Waals surface area (Å²) in [5, 5.41) is 8.55. The van der Waals surface area contributed by atoms with Crippen molar-refractivity contribution < 1.29 is 4.74 Å². The molecule has 142 valence electrons. The van der Waals surface area contributed by atoms with E-state index < -0.39 is 0 Å². The van der Waals surface area contributed by atoms with Crippen molar-refractivity contribution in [3.8, 4) is 11.3 Å². The van der Waals surface area contributed by atoms with E-state index in [0.29, 0.717) is 29.9 Å². The van der Waals surface area contributed by atoms with Crippen LogP contribution in [0.4, 0.5) is 11.8 Å². The van der Waals surface area contributed by atoms with Crippen LogP contribution in [0.1, 0.15) is 38.2 Å². The molecule has 1 aromatic carbocycles. The largest absolute Gasteiger partial charge is 0.383 e. The molecule has 0 bridgehead atoms. The van der Waals surface area contributed by atoms with Crippen molar-refractivity contribution >= 4 is 22.8 Å². The molecule has 27 heavy (non-hydrogen) atoms. The van der Waals surface area contributed by atoms with Crippen LogP contribution in [0.5, 0.6) is 0 Å². The maximum atomic E-state index is 6.26. The Bertz CT molecular complexity index is 941. The number of nitrogens with zero attached hydrogens (tertiary/aromatic N) is 4. The third kappa shape index (κ3) is 3.47. The molecular formula is C20H26N6O. The predicted octanol–water partition coefficient (Wildman–Crippen LogP) is 3.33. The van der Waals surface area contributed by atoms with E-state index >= 15 is 0 Å². The van der Waals surface area contributed by atoms with Crippen molar-refractivity contribution in [2.24, 2.45) is 7.05 Å². The summed E-state index contributed by atoms with van der Waals surface area (Å²) in [6, 6.07) is 8.46. The monoisotopic (exact) mass is 366 g/mol. The summed E-state index contributed by atoms with van der Waals surface area (Å²) in [5.74, 6) is 1.61. The number of hydrogen-bond acceptors (Lipinski definition) is 6. The van der Waals surface area contributed by atoms with Gasteiger partial charge in [0, 0.05) is 25.8 Å². The predicted molar refractivity (Wildman–Crippen MR) is 108 cm³/mol. The van der Waals surface area contributed by atoms with E-state index in [1.165, 1.54) is 5.56 Å². The van der Waals surface area contributed by atoms with Crippen LogP contribution in [0.3, 0.4) is 0 Å². The van der Waals surface area contributed by atoms with Gasteiger partial charge in [-0.05, 0) is 24.3 Å². The lowest BCUT2D eigenvalue weighted by atomic mass is 10.00. The van der Waals surface area contributed by atoms with E-state index in [-0.39, 0.29) is 6.10 Å². The van der Waals surface area contributed by atoms with Crippen LogP contribution in [-0.2, 0) is 11.8 Å². The van der Waals surface area contributed by atoms with Crippen LogP contribution in [0.15, 0.2) is 24.3 Å². The summed E-state index contributed by atoms with van der Waals surface area (Å²) in [4.78, 5) is 9.33. The molecule has 7 nitrogen and oxygen atoms in total. The molecule has 0 aliphatic carbocycles. The number of aryl methyl sites for hydroxylation is 1. The van der Waals surface area contributed by atoms with Crippen LogP contribution < -0.4 is 11.1 Å². The van der Waals surface area contributed by atoms with E-state index in [1.54, 1.807) is 4.68 Å². The Kier molecular flexibility index (Phi) is 4.70. The minimum Gasteiger partial charge on any atom is -0.383 e. The van der Waals surface area contributed by atoms with E-state index in [2.05, 4.69) is 53.5 Å². The lowest BCUT2D eigenvalue weighted by Crippen LogP contribution is -2.19.